The molecule has 1 saturated heterocycles. The van der Waals surface area contributed by atoms with E-state index < -0.39 is 10.6 Å². The molecule has 0 aromatic rings. The topological polar surface area (TPSA) is 18.5 Å². The lowest BCUT2D eigenvalue weighted by Crippen LogP contribution is -2.39. The summed E-state index contributed by atoms with van der Waals surface area (Å²) in [5.74, 6) is -0.816. The van der Waals surface area contributed by atoms with Gasteiger partial charge in [0.05, 0.1) is 18.5 Å². The Morgan fingerprint density at radius 3 is 2.10 bits per heavy atom. The molecule has 0 atom stereocenters. The fourth-order valence-electron chi connectivity index (χ4n) is 0.732. The molecule has 0 aromatic carbocycles. The first-order chi connectivity index (χ1) is 4.71. The fraction of sp³-hybridized carbons (Fsp3) is 1.00. The smallest absolute Gasteiger partial charge is 0.208 e. The summed E-state index contributed by atoms with van der Waals surface area (Å²) < 4.78 is 10.4. The summed E-state index contributed by atoms with van der Waals surface area (Å²) in [5, 5.41) is 0.498. The molecule has 0 aromatic heterocycles. The maximum Gasteiger partial charge on any atom is 0.208 e. The molecule has 60 valence electrons. The van der Waals surface area contributed by atoms with Gasteiger partial charge in [0.1, 0.15) is 0 Å². The summed E-state index contributed by atoms with van der Waals surface area (Å²) in [7, 11) is 0. The van der Waals surface area contributed by atoms with Gasteiger partial charge in [-0.15, -0.1) is 0 Å². The summed E-state index contributed by atoms with van der Waals surface area (Å²) >= 11 is 14.5. The van der Waals surface area contributed by atoms with Crippen LogP contribution in [0.3, 0.4) is 0 Å². The summed E-state index contributed by atoms with van der Waals surface area (Å²) in [6.45, 7) is 1.11. The van der Waals surface area contributed by atoms with E-state index in [1.807, 2.05) is 0 Å². The number of hydrogen-bond donors (Lipinski definition) is 0. The van der Waals surface area contributed by atoms with Crippen LogP contribution in [0, 0.1) is 0 Å². The Bertz CT molecular complexity index is 114. The van der Waals surface area contributed by atoms with Crippen LogP contribution in [0.25, 0.3) is 0 Å². The van der Waals surface area contributed by atoms with E-state index in [0.29, 0.717) is 18.5 Å². The molecule has 1 rings (SSSR count). The molecule has 0 unspecified atom stereocenters. The minimum atomic E-state index is -0.816. The zero-order chi connectivity index (χ0) is 7.61. The lowest BCUT2D eigenvalue weighted by atomic mass is 10.4. The number of halogens is 3. The molecule has 1 fully saturated rings. The number of hydrogen-bond acceptors (Lipinski definition) is 2. The van der Waals surface area contributed by atoms with Crippen molar-refractivity contribution in [3.63, 3.8) is 0 Å². The van der Waals surface area contributed by atoms with Crippen molar-refractivity contribution in [1.29, 1.82) is 0 Å². The van der Waals surface area contributed by atoms with Crippen LogP contribution in [0.4, 0.5) is 0 Å². The lowest BCUT2D eigenvalue weighted by Gasteiger charge is -2.25. The van der Waals surface area contributed by atoms with Crippen molar-refractivity contribution in [2.45, 2.75) is 10.6 Å². The zero-order valence-electron chi connectivity index (χ0n) is 5.15. The quantitative estimate of drug-likeness (QED) is 0.697. The molecular formula is C5H7BrCl2O2. The Labute approximate surface area is 77.9 Å². The van der Waals surface area contributed by atoms with E-state index in [4.69, 9.17) is 32.7 Å². The Balaban J connectivity index is 2.58. The number of ether oxygens (including phenoxy) is 2. The predicted molar refractivity (Wildman–Crippen MR) is 43.9 cm³/mol. The van der Waals surface area contributed by atoms with E-state index in [1.54, 1.807) is 0 Å². The van der Waals surface area contributed by atoms with Gasteiger partial charge in [0, 0.05) is 0 Å². The Hall–Kier alpha value is 0.980. The van der Waals surface area contributed by atoms with Crippen molar-refractivity contribution in [3.05, 3.63) is 0 Å². The van der Waals surface area contributed by atoms with Crippen molar-refractivity contribution in [1.82, 2.24) is 0 Å². The molecule has 1 aliphatic rings. The molecule has 10 heavy (non-hydrogen) atoms. The van der Waals surface area contributed by atoms with Crippen LogP contribution in [-0.4, -0.2) is 29.2 Å². The third-order valence-corrected chi connectivity index (χ3v) is 2.74. The van der Waals surface area contributed by atoms with Gasteiger partial charge in [-0.1, -0.05) is 39.1 Å². The van der Waals surface area contributed by atoms with Gasteiger partial charge in [0.2, 0.25) is 5.79 Å². The molecule has 2 nitrogen and oxygen atoms in total. The largest absolute Gasteiger partial charge is 0.344 e. The van der Waals surface area contributed by atoms with Crippen molar-refractivity contribution < 1.29 is 9.47 Å². The van der Waals surface area contributed by atoms with E-state index in [1.165, 1.54) is 0 Å². The van der Waals surface area contributed by atoms with Crippen LogP contribution in [-0.2, 0) is 9.47 Å². The molecule has 0 radical (unpaired) electrons. The first-order valence-corrected chi connectivity index (χ1v) is 4.83. The van der Waals surface area contributed by atoms with Gasteiger partial charge in [-0.3, -0.25) is 0 Å². The van der Waals surface area contributed by atoms with Crippen LogP contribution in [0.15, 0.2) is 0 Å². The fourth-order valence-corrected chi connectivity index (χ4v) is 2.16. The lowest BCUT2D eigenvalue weighted by molar-refractivity contribution is -0.124. The molecule has 0 bridgehead atoms. The van der Waals surface area contributed by atoms with Gasteiger partial charge in [-0.05, 0) is 0 Å². The zero-order valence-corrected chi connectivity index (χ0v) is 8.25. The van der Waals surface area contributed by atoms with Gasteiger partial charge >= 0.3 is 0 Å². The molecule has 0 saturated carbocycles. The molecule has 0 amide bonds. The maximum absolute atomic E-state index is 5.63. The second-order valence-electron chi connectivity index (χ2n) is 1.94. The van der Waals surface area contributed by atoms with Crippen LogP contribution in [0.1, 0.15) is 0 Å². The Morgan fingerprint density at radius 1 is 1.40 bits per heavy atom. The van der Waals surface area contributed by atoms with E-state index in [-0.39, 0.29) is 0 Å². The van der Waals surface area contributed by atoms with Crippen molar-refractivity contribution >= 4 is 39.1 Å². The normalized spacial score (nSPS) is 24.0. The minimum Gasteiger partial charge on any atom is -0.344 e. The first-order valence-electron chi connectivity index (χ1n) is 2.83. The average molecular weight is 250 g/mol. The monoisotopic (exact) mass is 248 g/mol. The standard InChI is InChI=1S/C5H7BrCl2O2/c6-3-5(4(7)8)9-1-2-10-5/h4H,1-3H2. The highest BCUT2D eigenvalue weighted by molar-refractivity contribution is 9.09. The highest BCUT2D eigenvalue weighted by Crippen LogP contribution is 2.31. The summed E-state index contributed by atoms with van der Waals surface area (Å²) in [6.07, 6.45) is 0. The van der Waals surface area contributed by atoms with E-state index in [9.17, 15) is 0 Å². The average Bonchev–Trinajstić information content (AvgIpc) is 2.35. The summed E-state index contributed by atoms with van der Waals surface area (Å²) in [5.41, 5.74) is 0. The van der Waals surface area contributed by atoms with Crippen molar-refractivity contribution in [3.8, 4) is 0 Å². The van der Waals surface area contributed by atoms with Crippen LogP contribution < -0.4 is 0 Å². The van der Waals surface area contributed by atoms with Crippen LogP contribution >= 0.6 is 39.1 Å². The van der Waals surface area contributed by atoms with E-state index >= 15 is 0 Å². The minimum absolute atomic E-state index is 0.498. The number of rotatable bonds is 2. The molecular weight excluding hydrogens is 243 g/mol. The van der Waals surface area contributed by atoms with E-state index in [2.05, 4.69) is 15.9 Å². The van der Waals surface area contributed by atoms with Crippen molar-refractivity contribution in [2.75, 3.05) is 18.5 Å². The SMILES string of the molecule is ClC(Cl)C1(CBr)OCCO1. The summed E-state index contributed by atoms with van der Waals surface area (Å²) in [4.78, 5) is -0.644. The van der Waals surface area contributed by atoms with Gasteiger partial charge < -0.3 is 9.47 Å². The van der Waals surface area contributed by atoms with Crippen LogP contribution in [0.2, 0.25) is 0 Å². The molecule has 0 N–H and O–H groups in total. The highest BCUT2D eigenvalue weighted by Gasteiger charge is 2.41. The van der Waals surface area contributed by atoms with Gasteiger partial charge in [-0.2, -0.15) is 0 Å². The Morgan fingerprint density at radius 2 is 1.90 bits per heavy atom. The summed E-state index contributed by atoms with van der Waals surface area (Å²) in [6, 6.07) is 0. The number of alkyl halides is 3. The first kappa shape index (κ1) is 9.07. The van der Waals surface area contributed by atoms with Gasteiger partial charge in [0.15, 0.2) is 4.84 Å². The molecule has 1 heterocycles. The van der Waals surface area contributed by atoms with Gasteiger partial charge in [-0.25, -0.2) is 0 Å². The highest BCUT2D eigenvalue weighted by atomic mass is 79.9. The second kappa shape index (κ2) is 3.59. The Kier molecular flexibility index (Phi) is 3.25. The molecule has 5 heteroatoms. The maximum atomic E-state index is 5.63. The van der Waals surface area contributed by atoms with E-state index in [0.717, 1.165) is 0 Å². The van der Waals surface area contributed by atoms with Gasteiger partial charge in [0.25, 0.3) is 0 Å². The predicted octanol–water partition coefficient (Wildman–Crippen LogP) is 1.93. The third-order valence-electron chi connectivity index (χ3n) is 1.29. The molecule has 1 aliphatic heterocycles. The van der Waals surface area contributed by atoms with Crippen LogP contribution in [0.5, 0.6) is 0 Å². The third kappa shape index (κ3) is 1.59. The second-order valence-corrected chi connectivity index (χ2v) is 3.60. The van der Waals surface area contributed by atoms with Crippen molar-refractivity contribution in [2.24, 2.45) is 0 Å². The molecule has 0 aliphatic carbocycles. The molecule has 0 spiro atoms.